The Bertz CT molecular complexity index is 1040. The molecule has 4 heterocycles. The Morgan fingerprint density at radius 1 is 1.19 bits per heavy atom. The number of aryl methyl sites for hydroxylation is 1. The van der Waals surface area contributed by atoms with E-state index in [1.165, 1.54) is 6.20 Å². The lowest BCUT2D eigenvalue weighted by atomic mass is 10.0. The highest BCUT2D eigenvalue weighted by Crippen LogP contribution is 2.25. The second-order valence-electron chi connectivity index (χ2n) is 7.78. The average molecular weight is 420 g/mol. The molecule has 1 aliphatic rings. The van der Waals surface area contributed by atoms with E-state index in [4.69, 9.17) is 5.73 Å². The van der Waals surface area contributed by atoms with Crippen molar-refractivity contribution in [1.29, 1.82) is 0 Å². The molecule has 3 aromatic heterocycles. The van der Waals surface area contributed by atoms with Crippen molar-refractivity contribution in [2.75, 3.05) is 23.3 Å². The van der Waals surface area contributed by atoms with Gasteiger partial charge in [0.1, 0.15) is 12.0 Å². The molecule has 3 aromatic rings. The van der Waals surface area contributed by atoms with E-state index in [1.54, 1.807) is 18.5 Å². The second kappa shape index (κ2) is 9.07. The van der Waals surface area contributed by atoms with Gasteiger partial charge in [0.15, 0.2) is 0 Å². The zero-order valence-corrected chi connectivity index (χ0v) is 17.3. The number of nitrogens with zero attached hydrogens (tertiary/aromatic N) is 4. The molecule has 0 radical (unpaired) electrons. The van der Waals surface area contributed by atoms with Crippen LogP contribution in [-0.2, 0) is 6.42 Å². The molecule has 0 aliphatic carbocycles. The standard InChI is InChI=1S/C23H25FN6O/c1-15-5-6-22(28-12-15)30-9-7-20(19(24)14-30)29-21-11-17(27-13-18(21)23(25)31)10-16-4-2-3-8-26-16/h2-6,8,11-13,19-20H,7,9-10,14H2,1H3,(H2,25,31)(H,27,29)/t19-,20+/m0/s1. The van der Waals surface area contributed by atoms with Gasteiger partial charge >= 0.3 is 0 Å². The number of aromatic nitrogens is 3. The van der Waals surface area contributed by atoms with E-state index in [-0.39, 0.29) is 12.1 Å². The molecule has 7 nitrogen and oxygen atoms in total. The van der Waals surface area contributed by atoms with E-state index in [0.717, 1.165) is 22.8 Å². The van der Waals surface area contributed by atoms with E-state index in [1.807, 2.05) is 42.2 Å². The molecular formula is C23H25FN6O. The summed E-state index contributed by atoms with van der Waals surface area (Å²) >= 11 is 0. The van der Waals surface area contributed by atoms with Gasteiger partial charge in [-0.1, -0.05) is 12.1 Å². The number of hydrogen-bond donors (Lipinski definition) is 2. The number of carbonyl (C=O) groups is 1. The molecule has 0 aromatic carbocycles. The average Bonchev–Trinajstić information content (AvgIpc) is 2.76. The number of nitrogens with two attached hydrogens (primary N) is 1. The number of primary amides is 1. The predicted octanol–water partition coefficient (Wildman–Crippen LogP) is 2.90. The highest BCUT2D eigenvalue weighted by molar-refractivity contribution is 5.98. The summed E-state index contributed by atoms with van der Waals surface area (Å²) in [6.07, 6.45) is 4.88. The third kappa shape index (κ3) is 4.96. The number of rotatable bonds is 6. The van der Waals surface area contributed by atoms with Gasteiger partial charge in [-0.3, -0.25) is 14.8 Å². The summed E-state index contributed by atoms with van der Waals surface area (Å²) < 4.78 is 15.1. The van der Waals surface area contributed by atoms with Crippen LogP contribution in [0.4, 0.5) is 15.9 Å². The Morgan fingerprint density at radius 3 is 2.74 bits per heavy atom. The van der Waals surface area contributed by atoms with Gasteiger partial charge in [0, 0.05) is 42.9 Å². The van der Waals surface area contributed by atoms with E-state index >= 15 is 4.39 Å². The summed E-state index contributed by atoms with van der Waals surface area (Å²) in [5.74, 6) is 0.169. The molecule has 31 heavy (non-hydrogen) atoms. The third-order valence-electron chi connectivity index (χ3n) is 5.42. The van der Waals surface area contributed by atoms with Crippen LogP contribution in [0, 0.1) is 6.92 Å². The van der Waals surface area contributed by atoms with Crippen LogP contribution in [0.25, 0.3) is 0 Å². The van der Waals surface area contributed by atoms with Crippen LogP contribution in [-0.4, -0.2) is 46.2 Å². The van der Waals surface area contributed by atoms with Crippen molar-refractivity contribution in [1.82, 2.24) is 15.0 Å². The highest BCUT2D eigenvalue weighted by Gasteiger charge is 2.30. The first-order chi connectivity index (χ1) is 15.0. The van der Waals surface area contributed by atoms with Gasteiger partial charge in [-0.05, 0) is 43.2 Å². The number of amides is 1. The van der Waals surface area contributed by atoms with E-state index < -0.39 is 18.1 Å². The first-order valence-corrected chi connectivity index (χ1v) is 10.3. The summed E-state index contributed by atoms with van der Waals surface area (Å²) in [6, 6.07) is 10.9. The largest absolute Gasteiger partial charge is 0.378 e. The van der Waals surface area contributed by atoms with Crippen molar-refractivity contribution in [3.8, 4) is 0 Å². The number of nitrogens with one attached hydrogen (secondary N) is 1. The molecular weight excluding hydrogens is 395 g/mol. The van der Waals surface area contributed by atoms with E-state index in [0.29, 0.717) is 25.1 Å². The summed E-state index contributed by atoms with van der Waals surface area (Å²) in [6.45, 7) is 2.86. The zero-order valence-electron chi connectivity index (χ0n) is 17.3. The molecule has 4 rings (SSSR count). The Labute approximate surface area is 180 Å². The fraction of sp³-hybridized carbons (Fsp3) is 0.304. The van der Waals surface area contributed by atoms with Crippen LogP contribution in [0.2, 0.25) is 0 Å². The van der Waals surface area contributed by atoms with Crippen LogP contribution >= 0.6 is 0 Å². The molecule has 0 bridgehead atoms. The quantitative estimate of drug-likeness (QED) is 0.637. The summed E-state index contributed by atoms with van der Waals surface area (Å²) in [5, 5.41) is 3.20. The van der Waals surface area contributed by atoms with Crippen LogP contribution in [0.5, 0.6) is 0 Å². The maximum Gasteiger partial charge on any atom is 0.252 e. The first-order valence-electron chi connectivity index (χ1n) is 10.3. The number of anilines is 2. The van der Waals surface area contributed by atoms with Crippen LogP contribution in [0.1, 0.15) is 33.7 Å². The number of pyridine rings is 3. The Morgan fingerprint density at radius 2 is 2.06 bits per heavy atom. The maximum atomic E-state index is 15.1. The van der Waals surface area contributed by atoms with Crippen molar-refractivity contribution in [3.05, 3.63) is 77.5 Å². The summed E-state index contributed by atoms with van der Waals surface area (Å²) in [7, 11) is 0. The minimum atomic E-state index is -1.13. The topological polar surface area (TPSA) is 97.0 Å². The lowest BCUT2D eigenvalue weighted by Gasteiger charge is -2.36. The third-order valence-corrected chi connectivity index (χ3v) is 5.42. The Kier molecular flexibility index (Phi) is 6.06. The zero-order chi connectivity index (χ0) is 21.8. The molecule has 3 N–H and O–H groups in total. The van der Waals surface area contributed by atoms with Crippen molar-refractivity contribution in [3.63, 3.8) is 0 Å². The summed E-state index contributed by atoms with van der Waals surface area (Å²) in [5.41, 5.74) is 8.92. The highest BCUT2D eigenvalue weighted by atomic mass is 19.1. The monoisotopic (exact) mass is 420 g/mol. The van der Waals surface area contributed by atoms with Gasteiger partial charge < -0.3 is 16.0 Å². The number of alkyl halides is 1. The van der Waals surface area contributed by atoms with Crippen molar-refractivity contribution < 1.29 is 9.18 Å². The van der Waals surface area contributed by atoms with Gasteiger partial charge in [0.05, 0.1) is 23.8 Å². The molecule has 1 amide bonds. The van der Waals surface area contributed by atoms with Crippen LogP contribution < -0.4 is 16.0 Å². The molecule has 0 spiro atoms. The summed E-state index contributed by atoms with van der Waals surface area (Å²) in [4.78, 5) is 26.9. The normalized spacial score (nSPS) is 18.6. The predicted molar refractivity (Wildman–Crippen MR) is 118 cm³/mol. The minimum absolute atomic E-state index is 0.228. The molecule has 160 valence electrons. The Balaban J connectivity index is 1.49. The fourth-order valence-corrected chi connectivity index (χ4v) is 3.72. The number of piperidine rings is 1. The van der Waals surface area contributed by atoms with Gasteiger partial charge in [0.25, 0.3) is 5.91 Å². The first kappa shape index (κ1) is 20.7. The molecule has 0 saturated carbocycles. The van der Waals surface area contributed by atoms with Gasteiger partial charge in [0.2, 0.25) is 0 Å². The van der Waals surface area contributed by atoms with Gasteiger partial charge in [-0.2, -0.15) is 0 Å². The van der Waals surface area contributed by atoms with Crippen molar-refractivity contribution >= 4 is 17.4 Å². The molecule has 8 heteroatoms. The minimum Gasteiger partial charge on any atom is -0.378 e. The fourth-order valence-electron chi connectivity index (χ4n) is 3.72. The number of hydrogen-bond acceptors (Lipinski definition) is 6. The van der Waals surface area contributed by atoms with Crippen molar-refractivity contribution in [2.45, 2.75) is 32.0 Å². The second-order valence-corrected chi connectivity index (χ2v) is 7.78. The van der Waals surface area contributed by atoms with E-state index in [2.05, 4.69) is 20.3 Å². The van der Waals surface area contributed by atoms with Crippen molar-refractivity contribution in [2.24, 2.45) is 5.73 Å². The SMILES string of the molecule is Cc1ccc(N2CC[C@@H](Nc3cc(Cc4ccccn4)ncc3C(N)=O)[C@@H](F)C2)nc1. The molecule has 2 atom stereocenters. The Hall–Kier alpha value is -3.55. The molecule has 0 unspecified atom stereocenters. The maximum absolute atomic E-state index is 15.1. The number of carbonyl (C=O) groups excluding carboxylic acids is 1. The molecule has 1 aliphatic heterocycles. The van der Waals surface area contributed by atoms with Crippen LogP contribution in [0.3, 0.4) is 0 Å². The lowest BCUT2D eigenvalue weighted by Crippen LogP contribution is -2.48. The van der Waals surface area contributed by atoms with Crippen LogP contribution in [0.15, 0.2) is 55.0 Å². The lowest BCUT2D eigenvalue weighted by molar-refractivity contribution is 0.100. The number of halogens is 1. The smallest absolute Gasteiger partial charge is 0.252 e. The molecule has 1 fully saturated rings. The van der Waals surface area contributed by atoms with E-state index in [9.17, 15) is 4.79 Å². The molecule has 1 saturated heterocycles. The van der Waals surface area contributed by atoms with Gasteiger partial charge in [-0.25, -0.2) is 9.37 Å². The van der Waals surface area contributed by atoms with Gasteiger partial charge in [-0.15, -0.1) is 0 Å².